The monoisotopic (exact) mass is 274 g/mol. The summed E-state index contributed by atoms with van der Waals surface area (Å²) in [7, 11) is 8.78. The van der Waals surface area contributed by atoms with E-state index in [2.05, 4.69) is 40.0 Å². The highest BCUT2D eigenvalue weighted by Gasteiger charge is 2.28. The standard InChI is InChI=1S/C8H21N2.C2HF3O2.CH4/c1-6-10(4,5)8-7-9(2)3;3-2(4,5)1(6)7;/h6-8H2,1-5H3;(H,6,7);1H4/q+1;;/p-1. The van der Waals surface area contributed by atoms with E-state index in [1.807, 2.05) is 0 Å². The summed E-state index contributed by atoms with van der Waals surface area (Å²) in [4.78, 5) is 11.0. The van der Waals surface area contributed by atoms with Crippen molar-refractivity contribution in [3.8, 4) is 0 Å². The van der Waals surface area contributed by atoms with Gasteiger partial charge in [-0.1, -0.05) is 7.43 Å². The van der Waals surface area contributed by atoms with E-state index in [4.69, 9.17) is 9.90 Å². The molecular formula is C11H25F3N2O2. The Morgan fingerprint density at radius 3 is 1.78 bits per heavy atom. The molecule has 0 spiro atoms. The van der Waals surface area contributed by atoms with Crippen LogP contribution in [0.1, 0.15) is 14.4 Å². The molecule has 0 aliphatic carbocycles. The zero-order valence-corrected chi connectivity index (χ0v) is 11.0. The van der Waals surface area contributed by atoms with Gasteiger partial charge in [0.2, 0.25) is 0 Å². The second-order valence-corrected chi connectivity index (χ2v) is 4.56. The van der Waals surface area contributed by atoms with Crippen molar-refractivity contribution in [2.24, 2.45) is 0 Å². The molecule has 0 bridgehead atoms. The molecule has 0 fully saturated rings. The maximum absolute atomic E-state index is 10.5. The molecule has 112 valence electrons. The Morgan fingerprint density at radius 2 is 1.61 bits per heavy atom. The van der Waals surface area contributed by atoms with Crippen LogP contribution in [0, 0.1) is 0 Å². The van der Waals surface area contributed by atoms with Crippen LogP contribution < -0.4 is 5.11 Å². The first kappa shape index (κ1) is 22.4. The number of carboxylic acid groups (broad SMARTS) is 1. The minimum Gasteiger partial charge on any atom is -0.542 e. The number of hydrogen-bond acceptors (Lipinski definition) is 3. The summed E-state index contributed by atoms with van der Waals surface area (Å²) in [5.74, 6) is -3.01. The van der Waals surface area contributed by atoms with Crippen molar-refractivity contribution in [1.82, 2.24) is 4.90 Å². The Bertz CT molecular complexity index is 229. The summed E-state index contributed by atoms with van der Waals surface area (Å²) in [5, 5.41) is 8.78. The topological polar surface area (TPSA) is 43.4 Å². The molecule has 18 heavy (non-hydrogen) atoms. The Kier molecular flexibility index (Phi) is 11.4. The fourth-order valence-corrected chi connectivity index (χ4v) is 0.629. The predicted octanol–water partition coefficient (Wildman–Crippen LogP) is 0.579. The number of halogens is 3. The molecule has 0 aliphatic rings. The molecule has 7 heteroatoms. The van der Waals surface area contributed by atoms with Crippen molar-refractivity contribution in [3.63, 3.8) is 0 Å². The molecule has 0 amide bonds. The van der Waals surface area contributed by atoms with Crippen LogP contribution in [0.25, 0.3) is 0 Å². The number of rotatable bonds is 4. The smallest absolute Gasteiger partial charge is 0.430 e. The van der Waals surface area contributed by atoms with Crippen LogP contribution in [0.2, 0.25) is 0 Å². The van der Waals surface area contributed by atoms with E-state index in [-0.39, 0.29) is 7.43 Å². The van der Waals surface area contributed by atoms with Gasteiger partial charge in [-0.25, -0.2) is 0 Å². The molecule has 0 radical (unpaired) electrons. The van der Waals surface area contributed by atoms with Crippen molar-refractivity contribution < 1.29 is 27.6 Å². The van der Waals surface area contributed by atoms with Crippen molar-refractivity contribution in [2.75, 3.05) is 47.8 Å². The summed E-state index contributed by atoms with van der Waals surface area (Å²) in [5.41, 5.74) is 0. The van der Waals surface area contributed by atoms with Crippen LogP contribution in [0.5, 0.6) is 0 Å². The number of quaternary nitrogens is 1. The number of likely N-dealkylation sites (N-methyl/N-ethyl adjacent to an activating group) is 2. The van der Waals surface area contributed by atoms with Crippen LogP contribution in [0.4, 0.5) is 13.2 Å². The van der Waals surface area contributed by atoms with Crippen LogP contribution in [-0.2, 0) is 4.79 Å². The second-order valence-electron chi connectivity index (χ2n) is 4.56. The lowest BCUT2D eigenvalue weighted by molar-refractivity contribution is -0.887. The van der Waals surface area contributed by atoms with Gasteiger partial charge in [-0.05, 0) is 21.0 Å². The van der Waals surface area contributed by atoms with Gasteiger partial charge in [0.15, 0.2) is 0 Å². The van der Waals surface area contributed by atoms with Crippen LogP contribution >= 0.6 is 0 Å². The summed E-state index contributed by atoms with van der Waals surface area (Å²) >= 11 is 0. The number of aliphatic carboxylic acids is 1. The van der Waals surface area contributed by atoms with Gasteiger partial charge in [0.25, 0.3) is 0 Å². The highest BCUT2D eigenvalue weighted by molar-refractivity contribution is 5.70. The van der Waals surface area contributed by atoms with Gasteiger partial charge >= 0.3 is 6.18 Å². The molecule has 0 saturated heterocycles. The first-order valence-corrected chi connectivity index (χ1v) is 5.17. The van der Waals surface area contributed by atoms with E-state index in [1.165, 1.54) is 19.6 Å². The van der Waals surface area contributed by atoms with Gasteiger partial charge < -0.3 is 19.3 Å². The number of carbonyl (C=O) groups excluding carboxylic acids is 1. The van der Waals surface area contributed by atoms with E-state index in [0.29, 0.717) is 0 Å². The first-order chi connectivity index (χ1) is 7.42. The summed E-state index contributed by atoms with van der Waals surface area (Å²) < 4.78 is 32.7. The highest BCUT2D eigenvalue weighted by atomic mass is 19.4. The van der Waals surface area contributed by atoms with Gasteiger partial charge in [0, 0.05) is 6.54 Å². The molecule has 0 saturated carbocycles. The second kappa shape index (κ2) is 9.16. The molecule has 0 aromatic heterocycles. The van der Waals surface area contributed by atoms with E-state index < -0.39 is 12.1 Å². The number of nitrogens with zero attached hydrogens (tertiary/aromatic N) is 2. The molecule has 4 nitrogen and oxygen atoms in total. The van der Waals surface area contributed by atoms with Crippen molar-refractivity contribution in [2.45, 2.75) is 20.5 Å². The third-order valence-corrected chi connectivity index (χ3v) is 2.24. The lowest BCUT2D eigenvalue weighted by Crippen LogP contribution is -2.43. The van der Waals surface area contributed by atoms with Crippen molar-refractivity contribution in [1.29, 1.82) is 0 Å². The zero-order chi connectivity index (χ0) is 14.3. The van der Waals surface area contributed by atoms with E-state index in [0.717, 1.165) is 4.48 Å². The van der Waals surface area contributed by atoms with Gasteiger partial charge in [0.05, 0.1) is 27.2 Å². The first-order valence-electron chi connectivity index (χ1n) is 5.17. The molecule has 0 rings (SSSR count). The van der Waals surface area contributed by atoms with Gasteiger partial charge in [-0.2, -0.15) is 13.2 Å². The quantitative estimate of drug-likeness (QED) is 0.704. The maximum Gasteiger partial charge on any atom is 0.430 e. The van der Waals surface area contributed by atoms with E-state index in [1.54, 1.807) is 0 Å². The fourth-order valence-electron chi connectivity index (χ4n) is 0.629. The Morgan fingerprint density at radius 1 is 1.28 bits per heavy atom. The van der Waals surface area contributed by atoms with Crippen LogP contribution in [-0.4, -0.2) is 69.4 Å². The Balaban J connectivity index is -0.000000251. The molecule has 0 N–H and O–H groups in total. The SMILES string of the molecule is C.CC[N+](C)(C)CCN(C)C.O=C([O-])C(F)(F)F. The van der Waals surface area contributed by atoms with Gasteiger partial charge in [-0.15, -0.1) is 0 Å². The van der Waals surface area contributed by atoms with E-state index in [9.17, 15) is 13.2 Å². The summed E-state index contributed by atoms with van der Waals surface area (Å²) in [6, 6.07) is 0. The molecule has 0 heterocycles. The average Bonchev–Trinajstić information content (AvgIpc) is 2.14. The minimum absolute atomic E-state index is 0. The lowest BCUT2D eigenvalue weighted by Gasteiger charge is -2.29. The molecule has 0 aromatic carbocycles. The highest BCUT2D eigenvalue weighted by Crippen LogP contribution is 2.11. The molecule has 0 aromatic rings. The molecule has 0 unspecified atom stereocenters. The number of carboxylic acids is 1. The Hall–Kier alpha value is -0.820. The molecule has 0 aliphatic heterocycles. The minimum atomic E-state index is -5.19. The van der Waals surface area contributed by atoms with Gasteiger partial charge in [-0.3, -0.25) is 0 Å². The summed E-state index contributed by atoms with van der Waals surface area (Å²) in [6.07, 6.45) is -5.19. The third-order valence-electron chi connectivity index (χ3n) is 2.24. The summed E-state index contributed by atoms with van der Waals surface area (Å²) in [6.45, 7) is 5.87. The predicted molar refractivity (Wildman–Crippen MR) is 63.9 cm³/mol. The van der Waals surface area contributed by atoms with Crippen LogP contribution in [0.3, 0.4) is 0 Å². The Labute approximate surface area is 108 Å². The van der Waals surface area contributed by atoms with Crippen LogP contribution in [0.15, 0.2) is 0 Å². The average molecular weight is 274 g/mol. The number of carbonyl (C=O) groups is 1. The van der Waals surface area contributed by atoms with Crippen molar-refractivity contribution in [3.05, 3.63) is 0 Å². The normalized spacial score (nSPS) is 11.4. The lowest BCUT2D eigenvalue weighted by atomic mass is 10.4. The van der Waals surface area contributed by atoms with E-state index >= 15 is 0 Å². The molecular weight excluding hydrogens is 249 g/mol. The third kappa shape index (κ3) is 15.2. The number of hydrogen-bond donors (Lipinski definition) is 0. The molecule has 0 atom stereocenters. The zero-order valence-electron chi connectivity index (χ0n) is 11.0. The van der Waals surface area contributed by atoms with Crippen molar-refractivity contribution >= 4 is 5.97 Å². The maximum atomic E-state index is 10.5. The fraction of sp³-hybridized carbons (Fsp3) is 0.909. The van der Waals surface area contributed by atoms with Gasteiger partial charge in [0.1, 0.15) is 5.97 Å². The number of alkyl halides is 3. The largest absolute Gasteiger partial charge is 0.542 e.